The zero-order valence-corrected chi connectivity index (χ0v) is 14.4. The van der Waals surface area contributed by atoms with Crippen LogP contribution in [0, 0.1) is 0 Å². The highest BCUT2D eigenvalue weighted by atomic mass is 32.1. The summed E-state index contributed by atoms with van der Waals surface area (Å²) < 4.78 is 0. The highest BCUT2D eigenvalue weighted by molar-refractivity contribution is 7.80. The van der Waals surface area contributed by atoms with Gasteiger partial charge in [-0.2, -0.15) is 12.6 Å². The van der Waals surface area contributed by atoms with Crippen LogP contribution in [0.25, 0.3) is 0 Å². The Morgan fingerprint density at radius 1 is 1.00 bits per heavy atom. The Hall–Kier alpha value is -2.34. The molecule has 25 heavy (non-hydrogen) atoms. The first-order chi connectivity index (χ1) is 11.6. The summed E-state index contributed by atoms with van der Waals surface area (Å²) in [6.45, 7) is 0.745. The molecule has 0 heterocycles. The molecule has 3 amide bonds. The highest BCUT2D eigenvalue weighted by Gasteiger charge is 2.25. The van der Waals surface area contributed by atoms with Crippen molar-refractivity contribution >= 4 is 42.3 Å². The molecular weight excluding hydrogens is 356 g/mol. The standard InChI is InChI=1S/C13H22N4O7S/c1-6(11(22)15-4-10(20)21)16-13(24)8(5-25)17-12(23)7(14)2-3-9(18)19/h6-8,25H,2-5,14H2,1H3,(H,15,22)(H,16,24)(H,17,23)(H,18,19)(H,20,21). The number of carboxylic acids is 2. The first-order valence-electron chi connectivity index (χ1n) is 7.27. The summed E-state index contributed by atoms with van der Waals surface area (Å²) in [7, 11) is 0. The first kappa shape index (κ1) is 22.7. The Bertz CT molecular complexity index is 529. The van der Waals surface area contributed by atoms with E-state index in [-0.39, 0.29) is 18.6 Å². The highest BCUT2D eigenvalue weighted by Crippen LogP contribution is 1.98. The smallest absolute Gasteiger partial charge is 0.322 e. The van der Waals surface area contributed by atoms with Crippen molar-refractivity contribution in [2.24, 2.45) is 5.73 Å². The van der Waals surface area contributed by atoms with E-state index >= 15 is 0 Å². The molecule has 0 bridgehead atoms. The summed E-state index contributed by atoms with van der Waals surface area (Å²) in [4.78, 5) is 56.3. The third-order valence-electron chi connectivity index (χ3n) is 2.99. The zero-order chi connectivity index (χ0) is 19.6. The average molecular weight is 378 g/mol. The molecule has 12 heteroatoms. The van der Waals surface area contributed by atoms with Crippen molar-refractivity contribution in [1.29, 1.82) is 0 Å². The minimum Gasteiger partial charge on any atom is -0.481 e. The molecule has 0 rings (SSSR count). The van der Waals surface area contributed by atoms with Gasteiger partial charge in [0.05, 0.1) is 6.04 Å². The van der Waals surface area contributed by atoms with Crippen molar-refractivity contribution < 1.29 is 34.2 Å². The summed E-state index contributed by atoms with van der Waals surface area (Å²) in [5, 5.41) is 23.7. The van der Waals surface area contributed by atoms with E-state index in [0.717, 1.165) is 0 Å². The number of thiol groups is 1. The second-order valence-corrected chi connectivity index (χ2v) is 5.49. The number of rotatable bonds is 11. The van der Waals surface area contributed by atoms with E-state index in [0.29, 0.717) is 0 Å². The normalized spacial score (nSPS) is 13.9. The van der Waals surface area contributed by atoms with Crippen LogP contribution in [0.3, 0.4) is 0 Å². The van der Waals surface area contributed by atoms with Crippen LogP contribution in [-0.2, 0) is 24.0 Å². The topological polar surface area (TPSA) is 188 Å². The van der Waals surface area contributed by atoms with Gasteiger partial charge < -0.3 is 31.9 Å². The molecule has 0 aromatic rings. The zero-order valence-electron chi connectivity index (χ0n) is 13.5. The summed E-state index contributed by atoms with van der Waals surface area (Å²) in [6.07, 6.45) is -0.400. The first-order valence-corrected chi connectivity index (χ1v) is 7.90. The van der Waals surface area contributed by atoms with Crippen LogP contribution in [0.15, 0.2) is 0 Å². The van der Waals surface area contributed by atoms with Gasteiger partial charge in [-0.3, -0.25) is 24.0 Å². The maximum atomic E-state index is 12.0. The monoisotopic (exact) mass is 378 g/mol. The molecule has 0 fully saturated rings. The van der Waals surface area contributed by atoms with Crippen LogP contribution in [0.1, 0.15) is 19.8 Å². The molecule has 0 saturated carbocycles. The predicted octanol–water partition coefficient (Wildman–Crippen LogP) is -2.70. The van der Waals surface area contributed by atoms with Crippen LogP contribution in [-0.4, -0.2) is 70.3 Å². The Morgan fingerprint density at radius 2 is 1.60 bits per heavy atom. The summed E-state index contributed by atoms with van der Waals surface area (Å²) in [5.74, 6) is -4.58. The van der Waals surface area contributed by atoms with Gasteiger partial charge in [-0.05, 0) is 13.3 Å². The molecule has 0 aromatic heterocycles. The molecule has 0 aliphatic rings. The number of amides is 3. The number of hydrogen-bond acceptors (Lipinski definition) is 7. The van der Waals surface area contributed by atoms with Gasteiger partial charge in [0, 0.05) is 12.2 Å². The molecule has 11 nitrogen and oxygen atoms in total. The van der Waals surface area contributed by atoms with E-state index in [2.05, 4.69) is 28.6 Å². The number of carbonyl (C=O) groups excluding carboxylic acids is 3. The lowest BCUT2D eigenvalue weighted by Crippen LogP contribution is -2.56. The molecular formula is C13H22N4O7S. The number of aliphatic carboxylic acids is 2. The van der Waals surface area contributed by atoms with Gasteiger partial charge in [0.15, 0.2) is 0 Å². The van der Waals surface area contributed by atoms with Gasteiger partial charge in [0.25, 0.3) is 0 Å². The molecule has 142 valence electrons. The Morgan fingerprint density at radius 3 is 2.08 bits per heavy atom. The van der Waals surface area contributed by atoms with Crippen LogP contribution < -0.4 is 21.7 Å². The van der Waals surface area contributed by atoms with Crippen LogP contribution >= 0.6 is 12.6 Å². The van der Waals surface area contributed by atoms with Gasteiger partial charge in [-0.25, -0.2) is 0 Å². The molecule has 0 aromatic carbocycles. The Kier molecular flexibility index (Phi) is 10.2. The van der Waals surface area contributed by atoms with Crippen LogP contribution in [0.4, 0.5) is 0 Å². The summed E-state index contributed by atoms with van der Waals surface area (Å²) in [5.41, 5.74) is 5.53. The van der Waals surface area contributed by atoms with Crippen molar-refractivity contribution in [3.63, 3.8) is 0 Å². The Balaban J connectivity index is 4.54. The van der Waals surface area contributed by atoms with Crippen molar-refractivity contribution in [3.8, 4) is 0 Å². The number of carboxylic acid groups (broad SMARTS) is 2. The lowest BCUT2D eigenvalue weighted by atomic mass is 10.1. The number of nitrogens with one attached hydrogen (secondary N) is 3. The van der Waals surface area contributed by atoms with Crippen molar-refractivity contribution in [3.05, 3.63) is 0 Å². The molecule has 0 radical (unpaired) electrons. The summed E-state index contributed by atoms with van der Waals surface area (Å²) >= 11 is 3.94. The van der Waals surface area contributed by atoms with Gasteiger partial charge >= 0.3 is 11.9 Å². The maximum absolute atomic E-state index is 12.0. The minimum atomic E-state index is -1.23. The third kappa shape index (κ3) is 9.52. The largest absolute Gasteiger partial charge is 0.481 e. The number of hydrogen-bond donors (Lipinski definition) is 7. The molecule has 3 atom stereocenters. The fraction of sp³-hybridized carbons (Fsp3) is 0.615. The van der Waals surface area contributed by atoms with Crippen LogP contribution in [0.2, 0.25) is 0 Å². The van der Waals surface area contributed by atoms with E-state index < -0.39 is 54.3 Å². The van der Waals surface area contributed by atoms with E-state index in [1.165, 1.54) is 6.92 Å². The molecule has 0 aliphatic heterocycles. The van der Waals surface area contributed by atoms with Gasteiger partial charge in [0.1, 0.15) is 18.6 Å². The number of nitrogens with two attached hydrogens (primary N) is 1. The lowest BCUT2D eigenvalue weighted by Gasteiger charge is -2.21. The SMILES string of the molecule is CC(NC(=O)C(CS)NC(=O)C(N)CCC(=O)O)C(=O)NCC(=O)O. The van der Waals surface area contributed by atoms with Crippen molar-refractivity contribution in [2.75, 3.05) is 12.3 Å². The minimum absolute atomic E-state index is 0.0906. The second-order valence-electron chi connectivity index (χ2n) is 5.12. The summed E-state index contributed by atoms with van der Waals surface area (Å²) in [6, 6.07) is -3.24. The number of carbonyl (C=O) groups is 5. The van der Waals surface area contributed by atoms with E-state index in [1.807, 2.05) is 0 Å². The lowest BCUT2D eigenvalue weighted by molar-refractivity contribution is -0.139. The van der Waals surface area contributed by atoms with Crippen molar-refractivity contribution in [2.45, 2.75) is 37.9 Å². The molecule has 3 unspecified atom stereocenters. The molecule has 0 aliphatic carbocycles. The predicted molar refractivity (Wildman–Crippen MR) is 88.9 cm³/mol. The van der Waals surface area contributed by atoms with E-state index in [1.54, 1.807) is 0 Å². The van der Waals surface area contributed by atoms with Gasteiger partial charge in [0.2, 0.25) is 17.7 Å². The van der Waals surface area contributed by atoms with Crippen LogP contribution in [0.5, 0.6) is 0 Å². The fourth-order valence-electron chi connectivity index (χ4n) is 1.58. The maximum Gasteiger partial charge on any atom is 0.322 e. The Labute approximate surface area is 149 Å². The van der Waals surface area contributed by atoms with Crippen molar-refractivity contribution in [1.82, 2.24) is 16.0 Å². The molecule has 0 spiro atoms. The second kappa shape index (κ2) is 11.3. The van der Waals surface area contributed by atoms with E-state index in [9.17, 15) is 24.0 Å². The average Bonchev–Trinajstić information content (AvgIpc) is 2.54. The van der Waals surface area contributed by atoms with Gasteiger partial charge in [-0.15, -0.1) is 0 Å². The molecule has 0 saturated heterocycles. The quantitative estimate of drug-likeness (QED) is 0.189. The van der Waals surface area contributed by atoms with E-state index in [4.69, 9.17) is 15.9 Å². The third-order valence-corrected chi connectivity index (χ3v) is 3.35. The fourth-order valence-corrected chi connectivity index (χ4v) is 1.84. The molecule has 7 N–H and O–H groups in total. The van der Waals surface area contributed by atoms with Gasteiger partial charge in [-0.1, -0.05) is 0 Å².